The third kappa shape index (κ3) is 4.19. The molecule has 0 unspecified atom stereocenters. The molecule has 31 heavy (non-hydrogen) atoms. The lowest BCUT2D eigenvalue weighted by atomic mass is 10.0. The van der Waals surface area contributed by atoms with Gasteiger partial charge in [0.1, 0.15) is 22.8 Å². The van der Waals surface area contributed by atoms with Gasteiger partial charge in [0.2, 0.25) is 0 Å². The van der Waals surface area contributed by atoms with E-state index in [4.69, 9.17) is 16.3 Å². The van der Waals surface area contributed by atoms with Crippen molar-refractivity contribution in [1.29, 1.82) is 0 Å². The molecule has 2 aromatic heterocycles. The van der Waals surface area contributed by atoms with Crippen LogP contribution in [-0.4, -0.2) is 44.7 Å². The van der Waals surface area contributed by atoms with Crippen molar-refractivity contribution in [2.75, 3.05) is 13.1 Å². The van der Waals surface area contributed by atoms with Crippen molar-refractivity contribution in [3.63, 3.8) is 0 Å². The van der Waals surface area contributed by atoms with Gasteiger partial charge in [0.05, 0.1) is 22.8 Å². The maximum absolute atomic E-state index is 13.0. The first-order valence-corrected chi connectivity index (χ1v) is 11.5. The zero-order valence-electron chi connectivity index (χ0n) is 17.8. The summed E-state index contributed by atoms with van der Waals surface area (Å²) in [7, 11) is 0. The molecule has 0 bridgehead atoms. The molecular formula is C24H27ClN4O2. The molecule has 1 aromatic carbocycles. The van der Waals surface area contributed by atoms with Crippen molar-refractivity contribution in [2.24, 2.45) is 0 Å². The largest absolute Gasteiger partial charge is 0.490 e. The molecule has 0 spiro atoms. The molecule has 6 nitrogen and oxygen atoms in total. The number of aromatic nitrogens is 3. The number of fused-ring (bicyclic) bond motifs is 1. The molecule has 0 radical (unpaired) electrons. The molecule has 7 heteroatoms. The first kappa shape index (κ1) is 20.5. The quantitative estimate of drug-likeness (QED) is 0.560. The fourth-order valence-electron chi connectivity index (χ4n) is 4.97. The Labute approximate surface area is 186 Å². The highest BCUT2D eigenvalue weighted by molar-refractivity contribution is 6.30. The Kier molecular flexibility index (Phi) is 5.67. The first-order chi connectivity index (χ1) is 15.1. The Balaban J connectivity index is 1.30. The van der Waals surface area contributed by atoms with E-state index >= 15 is 0 Å². The first-order valence-electron chi connectivity index (χ1n) is 11.1. The number of likely N-dealkylation sites (tertiary alicyclic amines) is 1. The van der Waals surface area contributed by atoms with Crippen LogP contribution < -0.4 is 10.3 Å². The van der Waals surface area contributed by atoms with Crippen LogP contribution in [0.3, 0.4) is 0 Å². The maximum atomic E-state index is 13.0. The summed E-state index contributed by atoms with van der Waals surface area (Å²) in [6, 6.07) is 10.1. The van der Waals surface area contributed by atoms with Gasteiger partial charge in [-0.25, -0.2) is 9.97 Å². The standard InChI is InChI=1S/C24H27ClN4O2/c1-16-27-22-15-26-23(25)14-21(22)24(30)29(16)18-6-8-19(9-7-18)31-20-10-12-28(13-11-20)17-4-2-3-5-17/h6-9,14-15,17,20H,2-5,10-13H2,1H3. The minimum Gasteiger partial charge on any atom is -0.490 e. The number of pyridine rings is 1. The van der Waals surface area contributed by atoms with E-state index < -0.39 is 0 Å². The molecule has 2 fully saturated rings. The second-order valence-corrected chi connectivity index (χ2v) is 9.00. The van der Waals surface area contributed by atoms with E-state index in [1.807, 2.05) is 31.2 Å². The fraction of sp³-hybridized carbons (Fsp3) is 0.458. The van der Waals surface area contributed by atoms with E-state index in [2.05, 4.69) is 14.9 Å². The lowest BCUT2D eigenvalue weighted by molar-refractivity contribution is 0.0768. The number of hydrogen-bond donors (Lipinski definition) is 0. The zero-order chi connectivity index (χ0) is 21.4. The molecule has 162 valence electrons. The van der Waals surface area contributed by atoms with E-state index in [-0.39, 0.29) is 16.8 Å². The Morgan fingerprint density at radius 3 is 2.48 bits per heavy atom. The van der Waals surface area contributed by atoms with Gasteiger partial charge in [-0.15, -0.1) is 0 Å². The highest BCUT2D eigenvalue weighted by Crippen LogP contribution is 2.28. The zero-order valence-corrected chi connectivity index (χ0v) is 18.5. The average molecular weight is 439 g/mol. The van der Waals surface area contributed by atoms with Crippen molar-refractivity contribution in [2.45, 2.75) is 57.6 Å². The van der Waals surface area contributed by atoms with Crippen LogP contribution in [0.15, 0.2) is 41.3 Å². The molecule has 2 aliphatic rings. The molecule has 0 atom stereocenters. The molecule has 1 saturated heterocycles. The van der Waals surface area contributed by atoms with Gasteiger partial charge >= 0.3 is 0 Å². The molecule has 1 aliphatic carbocycles. The number of piperidine rings is 1. The molecular weight excluding hydrogens is 412 g/mol. The highest BCUT2D eigenvalue weighted by Gasteiger charge is 2.27. The molecule has 0 amide bonds. The van der Waals surface area contributed by atoms with Gasteiger partial charge in [-0.3, -0.25) is 9.36 Å². The predicted molar refractivity (Wildman–Crippen MR) is 122 cm³/mol. The number of rotatable bonds is 4. The predicted octanol–water partition coefficient (Wildman–Crippen LogP) is 4.53. The van der Waals surface area contributed by atoms with Crippen LogP contribution in [0, 0.1) is 6.92 Å². The summed E-state index contributed by atoms with van der Waals surface area (Å²) in [6.45, 7) is 4.07. The Hall–Kier alpha value is -2.44. The van der Waals surface area contributed by atoms with Gasteiger partial charge in [-0.1, -0.05) is 24.4 Å². The molecule has 1 aliphatic heterocycles. The number of hydrogen-bond acceptors (Lipinski definition) is 5. The lowest BCUT2D eigenvalue weighted by Crippen LogP contribution is -2.43. The van der Waals surface area contributed by atoms with Gasteiger partial charge in [0.15, 0.2) is 0 Å². The van der Waals surface area contributed by atoms with E-state index in [0.29, 0.717) is 16.7 Å². The third-order valence-electron chi connectivity index (χ3n) is 6.60. The summed E-state index contributed by atoms with van der Waals surface area (Å²) in [5, 5.41) is 0.740. The summed E-state index contributed by atoms with van der Waals surface area (Å²) in [5.41, 5.74) is 1.15. The van der Waals surface area contributed by atoms with E-state index in [0.717, 1.165) is 43.4 Å². The lowest BCUT2D eigenvalue weighted by Gasteiger charge is -2.36. The summed E-state index contributed by atoms with van der Waals surface area (Å²) < 4.78 is 7.85. The van der Waals surface area contributed by atoms with Gasteiger partial charge in [0, 0.05) is 19.1 Å². The average Bonchev–Trinajstić information content (AvgIpc) is 3.31. The fourth-order valence-corrected chi connectivity index (χ4v) is 5.13. The molecule has 3 aromatic rings. The van der Waals surface area contributed by atoms with Crippen LogP contribution in [0.2, 0.25) is 5.15 Å². The number of nitrogens with zero attached hydrogens (tertiary/aromatic N) is 4. The van der Waals surface area contributed by atoms with Crippen molar-refractivity contribution in [3.8, 4) is 11.4 Å². The normalized spacial score (nSPS) is 18.6. The van der Waals surface area contributed by atoms with Gasteiger partial charge in [0.25, 0.3) is 5.56 Å². The van der Waals surface area contributed by atoms with Crippen LogP contribution in [0.4, 0.5) is 0 Å². The van der Waals surface area contributed by atoms with Gasteiger partial charge in [-0.05, 0) is 62.9 Å². The number of halogens is 1. The highest BCUT2D eigenvalue weighted by atomic mass is 35.5. The van der Waals surface area contributed by atoms with Crippen molar-refractivity contribution in [3.05, 3.63) is 57.9 Å². The van der Waals surface area contributed by atoms with Crippen molar-refractivity contribution >= 4 is 22.5 Å². The van der Waals surface area contributed by atoms with E-state index in [1.54, 1.807) is 10.6 Å². The second-order valence-electron chi connectivity index (χ2n) is 8.61. The van der Waals surface area contributed by atoms with Crippen LogP contribution in [0.25, 0.3) is 16.6 Å². The number of benzene rings is 1. The minimum absolute atomic E-state index is 0.153. The third-order valence-corrected chi connectivity index (χ3v) is 6.81. The summed E-state index contributed by atoms with van der Waals surface area (Å²) in [5.74, 6) is 1.45. The maximum Gasteiger partial charge on any atom is 0.266 e. The topological polar surface area (TPSA) is 60.3 Å². The van der Waals surface area contributed by atoms with Crippen molar-refractivity contribution < 1.29 is 4.74 Å². The SMILES string of the molecule is Cc1nc2cnc(Cl)cc2c(=O)n1-c1ccc(OC2CCN(C3CCCC3)CC2)cc1. The number of ether oxygens (including phenoxy) is 1. The van der Waals surface area contributed by atoms with Gasteiger partial charge < -0.3 is 9.64 Å². The molecule has 5 rings (SSSR count). The second kappa shape index (κ2) is 8.60. The molecule has 1 saturated carbocycles. The minimum atomic E-state index is -0.153. The van der Waals surface area contributed by atoms with E-state index in [9.17, 15) is 4.79 Å². The van der Waals surface area contributed by atoms with E-state index in [1.165, 1.54) is 31.9 Å². The Bertz CT molecular complexity index is 1130. The Morgan fingerprint density at radius 1 is 1.06 bits per heavy atom. The summed E-state index contributed by atoms with van der Waals surface area (Å²) >= 11 is 5.98. The monoisotopic (exact) mass is 438 g/mol. The van der Waals surface area contributed by atoms with Crippen molar-refractivity contribution in [1.82, 2.24) is 19.4 Å². The van der Waals surface area contributed by atoms with Gasteiger partial charge in [-0.2, -0.15) is 0 Å². The van der Waals surface area contributed by atoms with Crippen LogP contribution in [-0.2, 0) is 0 Å². The van der Waals surface area contributed by atoms with Crippen LogP contribution >= 0.6 is 11.6 Å². The number of aryl methyl sites for hydroxylation is 1. The smallest absolute Gasteiger partial charge is 0.266 e. The molecule has 3 heterocycles. The summed E-state index contributed by atoms with van der Waals surface area (Å²) in [4.78, 5) is 24.2. The Morgan fingerprint density at radius 2 is 1.77 bits per heavy atom. The van der Waals surface area contributed by atoms with Crippen LogP contribution in [0.1, 0.15) is 44.3 Å². The van der Waals surface area contributed by atoms with Crippen LogP contribution in [0.5, 0.6) is 5.75 Å². The molecule has 0 N–H and O–H groups in total. The summed E-state index contributed by atoms with van der Waals surface area (Å²) in [6.07, 6.45) is 9.41.